The fourth-order valence-electron chi connectivity index (χ4n) is 2.81. The van der Waals surface area contributed by atoms with Crippen molar-refractivity contribution in [1.29, 1.82) is 0 Å². The lowest BCUT2D eigenvalue weighted by Crippen LogP contribution is -2.46. The molecule has 2 heterocycles. The Bertz CT molecular complexity index is 698. The molecule has 0 bridgehead atoms. The maximum atomic E-state index is 12.5. The van der Waals surface area contributed by atoms with Crippen molar-refractivity contribution in [2.75, 3.05) is 31.1 Å². The van der Waals surface area contributed by atoms with E-state index in [2.05, 4.69) is 19.5 Å². The largest absolute Gasteiger partial charge is 0.697 e. The zero-order valence-electron chi connectivity index (χ0n) is 13.5. The van der Waals surface area contributed by atoms with Gasteiger partial charge in [0.1, 0.15) is 11.6 Å². The average molecular weight is 351 g/mol. The second-order valence-electron chi connectivity index (χ2n) is 5.82. The van der Waals surface area contributed by atoms with Crippen LogP contribution >= 0.6 is 0 Å². The number of ether oxygens (including phenoxy) is 1. The van der Waals surface area contributed by atoms with Gasteiger partial charge in [-0.15, -0.1) is 18.9 Å². The molecule has 1 aromatic carbocycles. The van der Waals surface area contributed by atoms with Gasteiger partial charge in [-0.3, -0.25) is 4.90 Å². The van der Waals surface area contributed by atoms with Crippen molar-refractivity contribution in [2.45, 2.75) is 12.9 Å². The SMILES string of the molecule is [NH-]c1ccc(N2CCN(Cc3ccccc3OC(F)(F)F)CC2)nc1. The molecule has 1 aromatic heterocycles. The molecular weight excluding hydrogens is 333 g/mol. The first-order valence-corrected chi connectivity index (χ1v) is 7.89. The minimum absolute atomic E-state index is 0.148. The predicted molar refractivity (Wildman–Crippen MR) is 88.8 cm³/mol. The minimum Gasteiger partial charge on any atom is -0.697 e. The predicted octanol–water partition coefficient (Wildman–Crippen LogP) is 3.99. The van der Waals surface area contributed by atoms with Gasteiger partial charge in [-0.05, 0) is 12.1 Å². The van der Waals surface area contributed by atoms with E-state index in [-0.39, 0.29) is 5.75 Å². The lowest BCUT2D eigenvalue weighted by Gasteiger charge is -2.35. The maximum absolute atomic E-state index is 12.5. The first-order chi connectivity index (χ1) is 11.9. The van der Waals surface area contributed by atoms with Gasteiger partial charge in [0, 0.05) is 44.5 Å². The lowest BCUT2D eigenvalue weighted by atomic mass is 10.1. The molecule has 1 saturated heterocycles. The second kappa shape index (κ2) is 7.18. The van der Waals surface area contributed by atoms with Crippen LogP contribution in [0.5, 0.6) is 5.75 Å². The number of benzene rings is 1. The van der Waals surface area contributed by atoms with Gasteiger partial charge in [0.2, 0.25) is 0 Å². The van der Waals surface area contributed by atoms with E-state index in [1.165, 1.54) is 18.3 Å². The summed E-state index contributed by atoms with van der Waals surface area (Å²) in [4.78, 5) is 8.44. The smallest absolute Gasteiger partial charge is 0.573 e. The number of halogens is 3. The van der Waals surface area contributed by atoms with E-state index in [1.807, 2.05) is 6.07 Å². The molecule has 1 aliphatic rings. The van der Waals surface area contributed by atoms with Gasteiger partial charge in [0.25, 0.3) is 0 Å². The van der Waals surface area contributed by atoms with Gasteiger partial charge in [-0.25, -0.2) is 4.98 Å². The van der Waals surface area contributed by atoms with Crippen LogP contribution in [0.15, 0.2) is 42.6 Å². The summed E-state index contributed by atoms with van der Waals surface area (Å²) in [6.45, 7) is 3.29. The van der Waals surface area contributed by atoms with Crippen LogP contribution in [0.25, 0.3) is 5.73 Å². The molecule has 1 fully saturated rings. The van der Waals surface area contributed by atoms with Gasteiger partial charge < -0.3 is 15.4 Å². The van der Waals surface area contributed by atoms with Crippen molar-refractivity contribution in [3.8, 4) is 5.75 Å². The number of pyridine rings is 1. The summed E-state index contributed by atoms with van der Waals surface area (Å²) >= 11 is 0. The van der Waals surface area contributed by atoms with Crippen LogP contribution in [-0.2, 0) is 6.54 Å². The molecule has 2 aromatic rings. The summed E-state index contributed by atoms with van der Waals surface area (Å²) in [6.07, 6.45) is -3.18. The Morgan fingerprint density at radius 1 is 1.04 bits per heavy atom. The molecule has 0 unspecified atom stereocenters. The summed E-state index contributed by atoms with van der Waals surface area (Å²) in [5, 5.41) is 0. The third-order valence-electron chi connectivity index (χ3n) is 4.04. The van der Waals surface area contributed by atoms with E-state index in [1.54, 1.807) is 18.2 Å². The van der Waals surface area contributed by atoms with Gasteiger partial charge in [0.05, 0.1) is 0 Å². The Labute approximate surface area is 143 Å². The van der Waals surface area contributed by atoms with Crippen molar-refractivity contribution >= 4 is 11.5 Å². The first-order valence-electron chi connectivity index (χ1n) is 7.89. The van der Waals surface area contributed by atoms with Crippen molar-refractivity contribution in [3.63, 3.8) is 0 Å². The van der Waals surface area contributed by atoms with Gasteiger partial charge in [-0.2, -0.15) is 0 Å². The normalized spacial score (nSPS) is 16.0. The number of nitrogens with one attached hydrogen (secondary N) is 1. The number of hydrogen-bond acceptors (Lipinski definition) is 4. The number of rotatable bonds is 4. The standard InChI is InChI=1S/C17H18F3N4O/c18-17(19,20)25-15-4-2-1-3-13(15)12-23-7-9-24(10-8-23)16-6-5-14(21)11-22-16/h1-6,11,21H,7-10,12H2/q-1. The summed E-state index contributed by atoms with van der Waals surface area (Å²) in [5.74, 6) is 0.668. The third-order valence-corrected chi connectivity index (χ3v) is 4.04. The first kappa shape index (κ1) is 17.3. The topological polar surface area (TPSA) is 52.4 Å². The Balaban J connectivity index is 1.60. The molecular formula is C17H18F3N4O-. The molecule has 0 radical (unpaired) electrons. The molecule has 0 saturated carbocycles. The molecule has 0 atom stereocenters. The fraction of sp³-hybridized carbons (Fsp3) is 0.353. The molecule has 134 valence electrons. The molecule has 1 N–H and O–H groups in total. The van der Waals surface area contributed by atoms with Crippen molar-refractivity contribution in [3.05, 3.63) is 53.9 Å². The molecule has 5 nitrogen and oxygen atoms in total. The third kappa shape index (κ3) is 4.76. The highest BCUT2D eigenvalue weighted by Gasteiger charge is 2.32. The highest BCUT2D eigenvalue weighted by molar-refractivity contribution is 5.48. The van der Waals surface area contributed by atoms with E-state index in [4.69, 9.17) is 5.73 Å². The van der Waals surface area contributed by atoms with E-state index < -0.39 is 6.36 Å². The van der Waals surface area contributed by atoms with E-state index in [0.717, 1.165) is 18.9 Å². The van der Waals surface area contributed by atoms with Crippen molar-refractivity contribution in [2.24, 2.45) is 0 Å². The lowest BCUT2D eigenvalue weighted by molar-refractivity contribution is -0.275. The summed E-state index contributed by atoms with van der Waals surface area (Å²) in [7, 11) is 0. The Morgan fingerprint density at radius 2 is 1.76 bits per heavy atom. The highest BCUT2D eigenvalue weighted by atomic mass is 19.4. The molecule has 3 rings (SSSR count). The summed E-state index contributed by atoms with van der Waals surface area (Å²) in [6, 6.07) is 9.74. The Hall–Kier alpha value is -2.48. The van der Waals surface area contributed by atoms with Crippen LogP contribution in [0.4, 0.5) is 24.7 Å². The van der Waals surface area contributed by atoms with E-state index in [0.29, 0.717) is 30.9 Å². The van der Waals surface area contributed by atoms with Crippen LogP contribution in [0.2, 0.25) is 0 Å². The number of aromatic nitrogens is 1. The van der Waals surface area contributed by atoms with E-state index >= 15 is 0 Å². The summed E-state index contributed by atoms with van der Waals surface area (Å²) < 4.78 is 41.6. The zero-order chi connectivity index (χ0) is 17.9. The van der Waals surface area contributed by atoms with Crippen molar-refractivity contribution in [1.82, 2.24) is 9.88 Å². The van der Waals surface area contributed by atoms with Crippen LogP contribution < -0.4 is 9.64 Å². The number of anilines is 1. The average Bonchev–Trinajstić information content (AvgIpc) is 2.57. The van der Waals surface area contributed by atoms with Gasteiger partial charge in [0.15, 0.2) is 0 Å². The number of alkyl halides is 3. The molecule has 25 heavy (non-hydrogen) atoms. The van der Waals surface area contributed by atoms with Crippen LogP contribution in [0.3, 0.4) is 0 Å². The van der Waals surface area contributed by atoms with Crippen LogP contribution in [-0.4, -0.2) is 42.4 Å². The van der Waals surface area contributed by atoms with Crippen LogP contribution in [0, 0.1) is 0 Å². The maximum Gasteiger partial charge on any atom is 0.573 e. The molecule has 8 heteroatoms. The number of para-hydroxylation sites is 1. The molecule has 0 amide bonds. The minimum atomic E-state index is -4.69. The van der Waals surface area contributed by atoms with Gasteiger partial charge in [-0.1, -0.05) is 24.3 Å². The van der Waals surface area contributed by atoms with Crippen LogP contribution in [0.1, 0.15) is 5.56 Å². The highest BCUT2D eigenvalue weighted by Crippen LogP contribution is 2.27. The quantitative estimate of drug-likeness (QED) is 0.836. The second-order valence-corrected chi connectivity index (χ2v) is 5.82. The zero-order valence-corrected chi connectivity index (χ0v) is 13.5. The molecule has 1 aliphatic heterocycles. The number of hydrogen-bond donors (Lipinski definition) is 0. The number of nitrogens with zero attached hydrogens (tertiary/aromatic N) is 3. The Kier molecular flexibility index (Phi) is 4.98. The fourth-order valence-corrected chi connectivity index (χ4v) is 2.81. The van der Waals surface area contributed by atoms with Gasteiger partial charge >= 0.3 is 6.36 Å². The van der Waals surface area contributed by atoms with Crippen molar-refractivity contribution < 1.29 is 17.9 Å². The monoisotopic (exact) mass is 351 g/mol. The summed E-state index contributed by atoms with van der Waals surface area (Å²) in [5.41, 5.74) is 8.35. The molecule has 0 aliphatic carbocycles. The van der Waals surface area contributed by atoms with E-state index in [9.17, 15) is 13.2 Å². The molecule has 0 spiro atoms. The Morgan fingerprint density at radius 3 is 2.40 bits per heavy atom. The number of piperazine rings is 1.